The van der Waals surface area contributed by atoms with Crippen molar-refractivity contribution < 1.29 is 4.79 Å². The fourth-order valence-electron chi connectivity index (χ4n) is 2.00. The number of hydrogen-bond donors (Lipinski definition) is 3. The van der Waals surface area contributed by atoms with Crippen LogP contribution in [0.2, 0.25) is 0 Å². The number of amides is 1. The summed E-state index contributed by atoms with van der Waals surface area (Å²) < 4.78 is 0. The second-order valence-corrected chi connectivity index (χ2v) is 4.95. The van der Waals surface area contributed by atoms with Crippen LogP contribution in [0, 0.1) is 6.92 Å². The molecule has 1 atom stereocenters. The largest absolute Gasteiger partial charge is 0.399 e. The molecule has 4 heteroatoms. The highest BCUT2D eigenvalue weighted by molar-refractivity contribution is 5.99. The third-order valence-corrected chi connectivity index (χ3v) is 3.25. The highest BCUT2D eigenvalue weighted by Gasteiger charge is 2.13. The number of rotatable bonds is 3. The van der Waals surface area contributed by atoms with Crippen LogP contribution in [-0.4, -0.2) is 5.91 Å². The van der Waals surface area contributed by atoms with Crippen molar-refractivity contribution >= 4 is 17.3 Å². The first-order valence-corrected chi connectivity index (χ1v) is 6.50. The second kappa shape index (κ2) is 5.65. The minimum Gasteiger partial charge on any atom is -0.399 e. The van der Waals surface area contributed by atoms with Crippen molar-refractivity contribution in [2.75, 3.05) is 11.5 Å². The monoisotopic (exact) mass is 269 g/mol. The first-order chi connectivity index (χ1) is 9.47. The molecule has 5 N–H and O–H groups in total. The maximum atomic E-state index is 12.2. The van der Waals surface area contributed by atoms with Gasteiger partial charge in [0.1, 0.15) is 0 Å². The van der Waals surface area contributed by atoms with Crippen LogP contribution in [0.15, 0.2) is 42.5 Å². The Balaban J connectivity index is 2.13. The molecule has 1 amide bonds. The summed E-state index contributed by atoms with van der Waals surface area (Å²) in [4.78, 5) is 12.2. The third kappa shape index (κ3) is 3.09. The molecule has 2 rings (SSSR count). The van der Waals surface area contributed by atoms with E-state index in [1.807, 2.05) is 38.1 Å². The van der Waals surface area contributed by atoms with Crippen molar-refractivity contribution in [3.8, 4) is 0 Å². The number of aryl methyl sites for hydroxylation is 1. The topological polar surface area (TPSA) is 81.1 Å². The summed E-state index contributed by atoms with van der Waals surface area (Å²) in [6, 6.07) is 12.9. The van der Waals surface area contributed by atoms with E-state index in [9.17, 15) is 4.79 Å². The number of carbonyl (C=O) groups is 1. The zero-order chi connectivity index (χ0) is 14.7. The minimum absolute atomic E-state index is 0.0833. The lowest BCUT2D eigenvalue weighted by atomic mass is 10.1. The van der Waals surface area contributed by atoms with E-state index in [0.717, 1.165) is 5.56 Å². The van der Waals surface area contributed by atoms with Gasteiger partial charge in [0.2, 0.25) is 0 Å². The molecule has 0 saturated carbocycles. The molecular weight excluding hydrogens is 250 g/mol. The molecule has 104 valence electrons. The van der Waals surface area contributed by atoms with E-state index in [0.29, 0.717) is 16.9 Å². The van der Waals surface area contributed by atoms with Crippen LogP contribution in [0.1, 0.15) is 34.5 Å². The van der Waals surface area contributed by atoms with Gasteiger partial charge in [-0.25, -0.2) is 0 Å². The van der Waals surface area contributed by atoms with Gasteiger partial charge in [-0.2, -0.15) is 0 Å². The molecule has 0 saturated heterocycles. The second-order valence-electron chi connectivity index (χ2n) is 4.95. The van der Waals surface area contributed by atoms with Gasteiger partial charge in [0.25, 0.3) is 5.91 Å². The number of anilines is 2. The van der Waals surface area contributed by atoms with Crippen LogP contribution in [0.5, 0.6) is 0 Å². The molecule has 2 aromatic rings. The Labute approximate surface area is 118 Å². The number of benzene rings is 2. The number of nitrogen functional groups attached to an aromatic ring is 2. The van der Waals surface area contributed by atoms with E-state index < -0.39 is 0 Å². The van der Waals surface area contributed by atoms with Crippen LogP contribution in [-0.2, 0) is 0 Å². The van der Waals surface area contributed by atoms with Crippen LogP contribution >= 0.6 is 0 Å². The Morgan fingerprint density at radius 2 is 1.75 bits per heavy atom. The van der Waals surface area contributed by atoms with Gasteiger partial charge < -0.3 is 16.8 Å². The lowest BCUT2D eigenvalue weighted by molar-refractivity contribution is 0.0941. The molecule has 1 unspecified atom stereocenters. The van der Waals surface area contributed by atoms with Crippen molar-refractivity contribution in [3.05, 3.63) is 59.2 Å². The highest BCUT2D eigenvalue weighted by atomic mass is 16.1. The molecule has 0 heterocycles. The molecule has 4 nitrogen and oxygen atoms in total. The zero-order valence-electron chi connectivity index (χ0n) is 11.7. The summed E-state index contributed by atoms with van der Waals surface area (Å²) in [5, 5.41) is 2.93. The summed E-state index contributed by atoms with van der Waals surface area (Å²) in [6.07, 6.45) is 0. The van der Waals surface area contributed by atoms with E-state index in [4.69, 9.17) is 11.5 Å². The predicted molar refractivity (Wildman–Crippen MR) is 82.3 cm³/mol. The third-order valence-electron chi connectivity index (χ3n) is 3.25. The van der Waals surface area contributed by atoms with E-state index in [1.54, 1.807) is 18.2 Å². The number of hydrogen-bond acceptors (Lipinski definition) is 3. The predicted octanol–water partition coefficient (Wildman–Crippen LogP) is 2.65. The maximum Gasteiger partial charge on any atom is 0.253 e. The lowest BCUT2D eigenvalue weighted by Crippen LogP contribution is -2.27. The van der Waals surface area contributed by atoms with Gasteiger partial charge in [-0.3, -0.25) is 4.79 Å². The van der Waals surface area contributed by atoms with Crippen molar-refractivity contribution in [1.82, 2.24) is 5.32 Å². The summed E-state index contributed by atoms with van der Waals surface area (Å²) in [5.41, 5.74) is 15.1. The van der Waals surface area contributed by atoms with Crippen LogP contribution < -0.4 is 16.8 Å². The summed E-state index contributed by atoms with van der Waals surface area (Å²) >= 11 is 0. The van der Waals surface area contributed by atoms with Gasteiger partial charge in [0.15, 0.2) is 0 Å². The van der Waals surface area contributed by atoms with Gasteiger partial charge in [0, 0.05) is 11.4 Å². The quantitative estimate of drug-likeness (QED) is 0.749. The van der Waals surface area contributed by atoms with Gasteiger partial charge >= 0.3 is 0 Å². The molecule has 0 aromatic heterocycles. The zero-order valence-corrected chi connectivity index (χ0v) is 11.7. The number of carbonyl (C=O) groups excluding carboxylic acids is 1. The van der Waals surface area contributed by atoms with E-state index in [2.05, 4.69) is 5.32 Å². The standard InChI is InChI=1S/C16H19N3O/c1-10-3-5-12(6-4-10)11(2)19-16(20)14-8-7-13(17)9-15(14)18/h3-9,11H,17-18H2,1-2H3,(H,19,20). The molecule has 0 bridgehead atoms. The average Bonchev–Trinajstić information content (AvgIpc) is 2.39. The normalized spacial score (nSPS) is 11.9. The molecule has 0 aliphatic carbocycles. The van der Waals surface area contributed by atoms with Crippen LogP contribution in [0.25, 0.3) is 0 Å². The maximum absolute atomic E-state index is 12.2. The van der Waals surface area contributed by atoms with E-state index >= 15 is 0 Å². The Kier molecular flexibility index (Phi) is 3.94. The first-order valence-electron chi connectivity index (χ1n) is 6.50. The Morgan fingerprint density at radius 3 is 2.35 bits per heavy atom. The Hall–Kier alpha value is -2.49. The molecule has 2 aromatic carbocycles. The molecule has 0 spiro atoms. The van der Waals surface area contributed by atoms with Crippen molar-refractivity contribution in [2.24, 2.45) is 0 Å². The summed E-state index contributed by atoms with van der Waals surface area (Å²) in [5.74, 6) is -0.199. The van der Waals surface area contributed by atoms with Gasteiger partial charge in [-0.1, -0.05) is 29.8 Å². The summed E-state index contributed by atoms with van der Waals surface area (Å²) in [7, 11) is 0. The van der Waals surface area contributed by atoms with Crippen molar-refractivity contribution in [1.29, 1.82) is 0 Å². The number of nitrogens with one attached hydrogen (secondary N) is 1. The van der Waals surface area contributed by atoms with Crippen LogP contribution in [0.4, 0.5) is 11.4 Å². The highest BCUT2D eigenvalue weighted by Crippen LogP contribution is 2.18. The Morgan fingerprint density at radius 1 is 1.10 bits per heavy atom. The molecule has 0 fully saturated rings. The van der Waals surface area contributed by atoms with E-state index in [-0.39, 0.29) is 11.9 Å². The first kappa shape index (κ1) is 13.9. The molecule has 0 radical (unpaired) electrons. The minimum atomic E-state index is -0.199. The molecule has 20 heavy (non-hydrogen) atoms. The van der Waals surface area contributed by atoms with Crippen molar-refractivity contribution in [3.63, 3.8) is 0 Å². The van der Waals surface area contributed by atoms with E-state index in [1.165, 1.54) is 5.56 Å². The SMILES string of the molecule is Cc1ccc(C(C)NC(=O)c2ccc(N)cc2N)cc1. The molecule has 0 aliphatic rings. The van der Waals surface area contributed by atoms with Gasteiger partial charge in [-0.05, 0) is 37.6 Å². The molecule has 0 aliphatic heterocycles. The lowest BCUT2D eigenvalue weighted by Gasteiger charge is -2.15. The number of nitrogens with two attached hydrogens (primary N) is 2. The molecular formula is C16H19N3O. The Bertz CT molecular complexity index is 620. The summed E-state index contributed by atoms with van der Waals surface area (Å²) in [6.45, 7) is 3.97. The van der Waals surface area contributed by atoms with Gasteiger partial charge in [0.05, 0.1) is 11.6 Å². The van der Waals surface area contributed by atoms with Crippen molar-refractivity contribution in [2.45, 2.75) is 19.9 Å². The van der Waals surface area contributed by atoms with Gasteiger partial charge in [-0.15, -0.1) is 0 Å². The fourth-order valence-corrected chi connectivity index (χ4v) is 2.00. The average molecular weight is 269 g/mol. The van der Waals surface area contributed by atoms with Crippen LogP contribution in [0.3, 0.4) is 0 Å². The fraction of sp³-hybridized carbons (Fsp3) is 0.188. The smallest absolute Gasteiger partial charge is 0.253 e.